The maximum Gasteiger partial charge on any atom is 0.317 e. The van der Waals surface area contributed by atoms with E-state index in [-0.39, 0.29) is 81.0 Å². The van der Waals surface area contributed by atoms with Gasteiger partial charge in [0.2, 0.25) is 5.78 Å². The van der Waals surface area contributed by atoms with Gasteiger partial charge in [0.05, 0.1) is 29.0 Å². The lowest BCUT2D eigenvalue weighted by Crippen LogP contribution is -2.43. The van der Waals surface area contributed by atoms with Gasteiger partial charge in [0.15, 0.2) is 17.5 Å². The van der Waals surface area contributed by atoms with Crippen LogP contribution in [0.15, 0.2) is 76.3 Å². The predicted octanol–water partition coefficient (Wildman–Crippen LogP) is 7.38. The molecule has 0 aromatic heterocycles. The van der Waals surface area contributed by atoms with Gasteiger partial charge in [-0.05, 0) is 55.9 Å². The van der Waals surface area contributed by atoms with Crippen LogP contribution in [0.4, 0.5) is 5.69 Å². The molecule has 0 saturated carbocycles. The standard InChI is InChI=1S/C54H68N4O10/c1-30(2)29-58-24-22-54(23-25-58)56-44-41-42-48(62)36(8)52-43(41)49(63)38(67-52)20-13-12-16-32(4)51(68-40(60)28-39(59)66-26-21-37-18-10-9-11-19-37)35(7)47(61)34(6)27-31(3)15-14-17-33(5)53(65)55-46(50(42)64)45(44)57-54/h9-15,17-19,30-32,34-35,38,47,51,61-62,64H,16,20-29H2,1-8H3,(H,55,65)/b13-12+,15-14+,33-17-/t31-,32+,34+,35+,38+,47+,51+/m0/s1. The van der Waals surface area contributed by atoms with Crippen LogP contribution in [-0.2, 0) is 30.3 Å². The molecule has 1 amide bonds. The Morgan fingerprint density at radius 2 is 1.62 bits per heavy atom. The Morgan fingerprint density at radius 3 is 2.32 bits per heavy atom. The number of ketones is 1. The zero-order valence-corrected chi connectivity index (χ0v) is 40.7. The summed E-state index contributed by atoms with van der Waals surface area (Å²) in [6.45, 7) is 17.8. The first-order chi connectivity index (χ1) is 32.4. The molecule has 4 N–H and O–H groups in total. The van der Waals surface area contributed by atoms with E-state index >= 15 is 0 Å². The van der Waals surface area contributed by atoms with Crippen molar-refractivity contribution < 1.29 is 48.7 Å². The molecule has 1 spiro atoms. The highest BCUT2D eigenvalue weighted by molar-refractivity contribution is 6.18. The monoisotopic (exact) mass is 932 g/mol. The number of anilines is 1. The molecule has 5 aliphatic heterocycles. The van der Waals surface area contributed by atoms with Crippen molar-refractivity contribution in [2.75, 3.05) is 31.6 Å². The third-order valence-corrected chi connectivity index (χ3v) is 14.0. The van der Waals surface area contributed by atoms with Gasteiger partial charge < -0.3 is 39.7 Å². The van der Waals surface area contributed by atoms with Gasteiger partial charge in [0, 0.05) is 67.8 Å². The topological polar surface area (TPSA) is 197 Å². The fraction of sp³-hybridized carbons (Fsp3) is 0.519. The molecular formula is C54H68N4O10. The summed E-state index contributed by atoms with van der Waals surface area (Å²) in [6, 6.07) is 9.58. The lowest BCUT2D eigenvalue weighted by Gasteiger charge is -2.36. The first kappa shape index (κ1) is 50.0. The molecule has 3 aromatic carbocycles. The van der Waals surface area contributed by atoms with Crippen LogP contribution in [0.2, 0.25) is 0 Å². The van der Waals surface area contributed by atoms with E-state index in [0.717, 1.165) is 25.2 Å². The van der Waals surface area contributed by atoms with E-state index in [1.807, 2.05) is 76.3 Å². The van der Waals surface area contributed by atoms with Crippen molar-refractivity contribution >= 4 is 40.1 Å². The third kappa shape index (κ3) is 10.9. The third-order valence-electron chi connectivity index (χ3n) is 14.0. The van der Waals surface area contributed by atoms with Gasteiger partial charge in [0.1, 0.15) is 35.1 Å². The number of rotatable bonds is 8. The number of phenolic OH excluding ortho intramolecular Hbond substituents is 2. The SMILES string of the molecule is C/C1=C/C=C/[C@H](C)C[C@@H](C)[C@@H](O)[C@@H](C)[C@H](OC(=O)CC(=O)OCCc2ccccc2)[C@H](C)C/C=C/C[C@H]2Oc3c(C)c(O)c4c(O)c(c5c(c4c3C2=O)=NC2(CCN(CC(C)C)CC2)N=5)NC1=O. The number of aromatic hydroxyl groups is 2. The van der Waals surface area contributed by atoms with Crippen LogP contribution in [0, 0.1) is 36.5 Å². The molecule has 8 rings (SSSR count). The lowest BCUT2D eigenvalue weighted by atomic mass is 9.80. The van der Waals surface area contributed by atoms with Crippen LogP contribution in [-0.4, -0.2) is 94.1 Å². The highest BCUT2D eigenvalue weighted by Crippen LogP contribution is 2.48. The van der Waals surface area contributed by atoms with Crippen molar-refractivity contribution in [2.24, 2.45) is 39.6 Å². The number of likely N-dealkylation sites (tertiary alicyclic amines) is 1. The molecule has 68 heavy (non-hydrogen) atoms. The van der Waals surface area contributed by atoms with Gasteiger partial charge in [-0.1, -0.05) is 102 Å². The summed E-state index contributed by atoms with van der Waals surface area (Å²) in [7, 11) is 0. The Morgan fingerprint density at radius 1 is 0.926 bits per heavy atom. The van der Waals surface area contributed by atoms with Crippen LogP contribution in [0.1, 0.15) is 108 Å². The number of nitrogens with zero attached hydrogens (tertiary/aromatic N) is 3. The summed E-state index contributed by atoms with van der Waals surface area (Å²) < 4.78 is 17.7. The summed E-state index contributed by atoms with van der Waals surface area (Å²) >= 11 is 0. The van der Waals surface area contributed by atoms with E-state index in [1.54, 1.807) is 26.0 Å². The number of esters is 2. The van der Waals surface area contributed by atoms with Crippen molar-refractivity contribution in [3.63, 3.8) is 0 Å². The van der Waals surface area contributed by atoms with Gasteiger partial charge >= 0.3 is 11.9 Å². The van der Waals surface area contributed by atoms with Crippen LogP contribution >= 0.6 is 0 Å². The molecule has 3 aromatic rings. The number of fused-ring (bicyclic) bond motifs is 13. The zero-order chi connectivity index (χ0) is 49.0. The quantitative estimate of drug-likeness (QED) is 0.0762. The molecule has 1 fully saturated rings. The van der Waals surface area contributed by atoms with Crippen molar-refractivity contribution in [3.05, 3.63) is 93.7 Å². The van der Waals surface area contributed by atoms with Crippen LogP contribution in [0.5, 0.6) is 17.2 Å². The molecule has 14 heteroatoms. The summed E-state index contributed by atoms with van der Waals surface area (Å²) in [5.41, 5.74) is 0.883. The molecule has 5 heterocycles. The number of ether oxygens (including phenoxy) is 3. The fourth-order valence-corrected chi connectivity index (χ4v) is 10.2. The smallest absolute Gasteiger partial charge is 0.317 e. The van der Waals surface area contributed by atoms with Gasteiger partial charge in [-0.15, -0.1) is 0 Å². The zero-order valence-electron chi connectivity index (χ0n) is 40.7. The molecule has 5 bridgehead atoms. The van der Waals surface area contributed by atoms with Gasteiger partial charge in [-0.3, -0.25) is 29.2 Å². The van der Waals surface area contributed by atoms with Crippen molar-refractivity contribution in [3.8, 4) is 17.2 Å². The second-order valence-corrected chi connectivity index (χ2v) is 20.0. The number of carbonyl (C=O) groups is 4. The number of hydrogen-bond donors (Lipinski definition) is 4. The molecule has 0 radical (unpaired) electrons. The first-order valence-corrected chi connectivity index (χ1v) is 24.2. The number of piperidine rings is 1. The largest absolute Gasteiger partial charge is 0.507 e. The fourth-order valence-electron chi connectivity index (χ4n) is 10.2. The molecule has 14 nitrogen and oxygen atoms in total. The number of aliphatic hydroxyl groups excluding tert-OH is 1. The summed E-state index contributed by atoms with van der Waals surface area (Å²) in [5, 5.41) is 39.4. The van der Waals surface area contributed by atoms with E-state index in [1.165, 1.54) is 0 Å². The molecule has 364 valence electrons. The highest BCUT2D eigenvalue weighted by Gasteiger charge is 2.42. The number of allylic oxidation sites excluding steroid dienone is 4. The van der Waals surface area contributed by atoms with E-state index in [4.69, 9.17) is 24.2 Å². The summed E-state index contributed by atoms with van der Waals surface area (Å²) in [6.07, 6.45) is 8.69. The van der Waals surface area contributed by atoms with Crippen LogP contribution in [0.25, 0.3) is 10.8 Å². The second kappa shape index (κ2) is 21.2. The number of aliphatic hydroxyl groups is 1. The number of hydrogen-bond acceptors (Lipinski definition) is 13. The van der Waals surface area contributed by atoms with Gasteiger partial charge in [-0.25, -0.2) is 0 Å². The Labute approximate surface area is 398 Å². The minimum absolute atomic E-state index is 0.0107. The van der Waals surface area contributed by atoms with Crippen molar-refractivity contribution in [1.29, 1.82) is 0 Å². The van der Waals surface area contributed by atoms with E-state index in [0.29, 0.717) is 49.0 Å². The normalized spacial score (nSPS) is 27.1. The Bertz CT molecular complexity index is 2630. The second-order valence-electron chi connectivity index (χ2n) is 20.0. The number of amides is 1. The van der Waals surface area contributed by atoms with Gasteiger partial charge in [0.25, 0.3) is 5.91 Å². The Kier molecular flexibility index (Phi) is 15.6. The minimum atomic E-state index is -0.972. The van der Waals surface area contributed by atoms with Crippen molar-refractivity contribution in [2.45, 2.75) is 124 Å². The van der Waals surface area contributed by atoms with Crippen molar-refractivity contribution in [1.82, 2.24) is 4.90 Å². The maximum absolute atomic E-state index is 14.6. The van der Waals surface area contributed by atoms with Crippen LogP contribution in [0.3, 0.4) is 0 Å². The molecule has 1 saturated heterocycles. The van der Waals surface area contributed by atoms with Gasteiger partial charge in [-0.2, -0.15) is 0 Å². The summed E-state index contributed by atoms with van der Waals surface area (Å²) in [5.74, 6) is -3.46. The predicted molar refractivity (Wildman–Crippen MR) is 259 cm³/mol. The molecule has 0 unspecified atom stereocenters. The Hall–Kier alpha value is -5.86. The van der Waals surface area contributed by atoms with E-state index in [9.17, 15) is 34.5 Å². The van der Waals surface area contributed by atoms with Crippen LogP contribution < -0.4 is 20.8 Å². The first-order valence-electron chi connectivity index (χ1n) is 24.2. The number of nitrogens with one attached hydrogen (secondary N) is 1. The summed E-state index contributed by atoms with van der Waals surface area (Å²) in [4.78, 5) is 67.4. The average molecular weight is 933 g/mol. The minimum Gasteiger partial charge on any atom is -0.507 e. The van der Waals surface area contributed by atoms with E-state index < -0.39 is 59.9 Å². The average Bonchev–Trinajstić information content (AvgIpc) is 3.84. The lowest BCUT2D eigenvalue weighted by molar-refractivity contribution is -0.164. The number of phenols is 2. The number of Topliss-reactive ketones (excluding diaryl/α,β-unsaturated/α-hetero) is 1. The molecule has 5 aliphatic rings. The highest BCUT2D eigenvalue weighted by atomic mass is 16.6. The Balaban J connectivity index is 1.21. The van der Waals surface area contributed by atoms with E-state index in [2.05, 4.69) is 24.1 Å². The number of carbonyl (C=O) groups excluding carboxylic acids is 4. The molecular weight excluding hydrogens is 865 g/mol. The number of benzene rings is 3. The maximum atomic E-state index is 14.6. The molecule has 7 atom stereocenters. The molecule has 0 aliphatic carbocycles.